The third-order valence-electron chi connectivity index (χ3n) is 14.5. The van der Waals surface area contributed by atoms with Gasteiger partial charge in [-0.1, -0.05) is 48.5 Å². The lowest BCUT2D eigenvalue weighted by molar-refractivity contribution is -0.245. The Hall–Kier alpha value is -1.42. The quantitative estimate of drug-likeness (QED) is 0.274. The first kappa shape index (κ1) is 33.0. The molecule has 1 amide bonds. The van der Waals surface area contributed by atoms with Gasteiger partial charge in [-0.2, -0.15) is 0 Å². The molecule has 6 rings (SSSR count). The van der Waals surface area contributed by atoms with Crippen LogP contribution in [0.25, 0.3) is 0 Å². The highest BCUT2D eigenvalue weighted by Crippen LogP contribution is 2.89. The lowest BCUT2D eigenvalue weighted by atomic mass is 9.46. The Kier molecular flexibility index (Phi) is 9.00. The number of carbonyl (C=O) groups excluding carboxylic acids is 2. The van der Waals surface area contributed by atoms with E-state index in [1.807, 2.05) is 18.7 Å². The summed E-state index contributed by atoms with van der Waals surface area (Å²) < 4.78 is 12.9. The zero-order chi connectivity index (χ0) is 31.5. The predicted molar refractivity (Wildman–Crippen MR) is 169 cm³/mol. The van der Waals surface area contributed by atoms with Crippen molar-refractivity contribution in [2.24, 2.45) is 63.1 Å². The summed E-state index contributed by atoms with van der Waals surface area (Å²) in [5.41, 5.74) is 1.03. The van der Waals surface area contributed by atoms with Gasteiger partial charge in [-0.3, -0.25) is 4.79 Å². The minimum Gasteiger partial charge on any atom is -0.393 e. The van der Waals surface area contributed by atoms with E-state index in [1.54, 1.807) is 0 Å². The molecule has 0 radical (unpaired) electrons. The fourth-order valence-corrected chi connectivity index (χ4v) is 12.9. The number of carbonyl (C=O) groups is 2. The number of nitrogens with zero attached hydrogens (tertiary/aromatic N) is 1. The molecule has 4 unspecified atom stereocenters. The molecule has 0 aromatic heterocycles. The Morgan fingerprint density at radius 3 is 2.47 bits per heavy atom. The molecule has 0 aromatic carbocycles. The summed E-state index contributed by atoms with van der Waals surface area (Å²) in [4.78, 5) is 25.7. The fourth-order valence-electron chi connectivity index (χ4n) is 12.9. The molecular formula is C37H59NO5. The second-order valence-corrected chi connectivity index (χ2v) is 16.4. The average molecular weight is 598 g/mol. The summed E-state index contributed by atoms with van der Waals surface area (Å²) >= 11 is 0. The second kappa shape index (κ2) is 11.7. The standard InChI is InChI=1S/C35H57NO5.C2H2/c1-21(2)31(39)36-16-18-40-29(20-36)41-28-12-13-35-23(4)34(35)15-14-33(7)25(24(34)10-11-27(35)32(28,5)6)19-26(38)30(33)22(3)9-8-17-37;1-2/h17,21-30,38H,8-16,18-20H2,1-7H3;1-2H/t22-,23+,24+,25?,26-,27?,28+,29?,30?,33+,34+,35-;/m1./s1. The van der Waals surface area contributed by atoms with Crippen LogP contribution in [0, 0.1) is 75.9 Å². The SMILES string of the molecule is C#C.CC(C)C(=O)N1CCOC(O[C@H]2CC[C@@]34C(CC[C@H]5C6C[C@@H](O)C([C@H](C)CCC=O)[C@@]6(C)CC[C@]53[C@@H]4C)C2(C)C)C1. The number of aliphatic hydroxyl groups excluding tert-OH is 1. The molecule has 6 fully saturated rings. The van der Waals surface area contributed by atoms with Gasteiger partial charge in [0.25, 0.3) is 0 Å². The highest BCUT2D eigenvalue weighted by Gasteiger charge is 2.84. The van der Waals surface area contributed by atoms with Crippen LogP contribution >= 0.6 is 0 Å². The Balaban J connectivity index is 0.00000180. The summed E-state index contributed by atoms with van der Waals surface area (Å²) in [6.07, 6.45) is 18.4. The van der Waals surface area contributed by atoms with Crippen LogP contribution in [0.3, 0.4) is 0 Å². The Morgan fingerprint density at radius 1 is 1.07 bits per heavy atom. The maximum Gasteiger partial charge on any atom is 0.225 e. The lowest BCUT2D eigenvalue weighted by Gasteiger charge is -2.60. The molecule has 6 aliphatic rings. The van der Waals surface area contributed by atoms with Crippen LogP contribution in [0.2, 0.25) is 0 Å². The van der Waals surface area contributed by atoms with E-state index in [9.17, 15) is 14.7 Å². The Labute approximate surface area is 261 Å². The van der Waals surface area contributed by atoms with Crippen LogP contribution in [-0.4, -0.2) is 60.4 Å². The van der Waals surface area contributed by atoms with Gasteiger partial charge >= 0.3 is 0 Å². The Bertz CT molecular complexity index is 1070. The summed E-state index contributed by atoms with van der Waals surface area (Å²) in [5, 5.41) is 11.5. The molecule has 2 spiro atoms. The zero-order valence-corrected chi connectivity index (χ0v) is 28.0. The van der Waals surface area contributed by atoms with Crippen molar-refractivity contribution < 1.29 is 24.2 Å². The fraction of sp³-hybridized carbons (Fsp3) is 0.892. The number of aldehydes is 1. The van der Waals surface area contributed by atoms with Gasteiger partial charge in [-0.15, -0.1) is 12.8 Å². The van der Waals surface area contributed by atoms with E-state index in [0.29, 0.717) is 66.5 Å². The molecular weight excluding hydrogens is 538 g/mol. The van der Waals surface area contributed by atoms with Crippen molar-refractivity contribution in [3.8, 4) is 12.8 Å². The van der Waals surface area contributed by atoms with Crippen molar-refractivity contribution in [3.05, 3.63) is 0 Å². The first-order valence-corrected chi connectivity index (χ1v) is 17.4. The van der Waals surface area contributed by atoms with Crippen LogP contribution in [0.4, 0.5) is 0 Å². The van der Waals surface area contributed by atoms with Gasteiger partial charge in [-0.25, -0.2) is 0 Å². The van der Waals surface area contributed by atoms with E-state index in [0.717, 1.165) is 31.5 Å². The van der Waals surface area contributed by atoms with Crippen molar-refractivity contribution in [1.82, 2.24) is 4.90 Å². The maximum atomic E-state index is 12.7. The molecule has 5 saturated carbocycles. The van der Waals surface area contributed by atoms with Gasteiger partial charge in [0, 0.05) is 18.9 Å². The highest BCUT2D eigenvalue weighted by atomic mass is 16.7. The van der Waals surface area contributed by atoms with Crippen molar-refractivity contribution in [2.45, 2.75) is 125 Å². The molecule has 1 saturated heterocycles. The molecule has 12 atom stereocenters. The van der Waals surface area contributed by atoms with E-state index < -0.39 is 0 Å². The number of rotatable bonds is 7. The predicted octanol–water partition coefficient (Wildman–Crippen LogP) is 6.34. The van der Waals surface area contributed by atoms with Crippen molar-refractivity contribution in [2.75, 3.05) is 19.7 Å². The topological polar surface area (TPSA) is 76.1 Å². The van der Waals surface area contributed by atoms with Gasteiger partial charge in [-0.05, 0) is 109 Å². The minimum absolute atomic E-state index is 0.00405. The molecule has 6 nitrogen and oxygen atoms in total. The van der Waals surface area contributed by atoms with Crippen LogP contribution in [-0.2, 0) is 19.1 Å². The van der Waals surface area contributed by atoms with E-state index in [2.05, 4.69) is 47.5 Å². The Morgan fingerprint density at radius 2 is 1.79 bits per heavy atom. The average Bonchev–Trinajstić information content (AvgIpc) is 3.38. The normalized spacial score (nSPS) is 46.7. The molecule has 5 aliphatic carbocycles. The smallest absolute Gasteiger partial charge is 0.225 e. The third-order valence-corrected chi connectivity index (χ3v) is 14.5. The lowest BCUT2D eigenvalue weighted by Crippen LogP contribution is -2.56. The molecule has 242 valence electrons. The molecule has 1 N–H and O–H groups in total. The van der Waals surface area contributed by atoms with Crippen molar-refractivity contribution in [1.29, 1.82) is 0 Å². The summed E-state index contributed by atoms with van der Waals surface area (Å²) in [6.45, 7) is 17.9. The van der Waals surface area contributed by atoms with Gasteiger partial charge in [0.1, 0.15) is 6.29 Å². The summed E-state index contributed by atoms with van der Waals surface area (Å²) in [7, 11) is 0. The van der Waals surface area contributed by atoms with Crippen LogP contribution in [0.5, 0.6) is 0 Å². The number of hydrogen-bond acceptors (Lipinski definition) is 5. The summed E-state index contributed by atoms with van der Waals surface area (Å²) in [6, 6.07) is 0. The number of amides is 1. The number of fused-ring (bicyclic) bond motifs is 2. The number of terminal acetylenes is 1. The van der Waals surface area contributed by atoms with Crippen molar-refractivity contribution >= 4 is 12.2 Å². The maximum absolute atomic E-state index is 12.7. The molecule has 6 heteroatoms. The number of ether oxygens (including phenoxy) is 2. The second-order valence-electron chi connectivity index (χ2n) is 16.4. The van der Waals surface area contributed by atoms with Crippen LogP contribution < -0.4 is 0 Å². The molecule has 43 heavy (non-hydrogen) atoms. The first-order chi connectivity index (χ1) is 20.4. The summed E-state index contributed by atoms with van der Waals surface area (Å²) in [5.74, 6) is 3.55. The number of aliphatic hydroxyl groups is 1. The van der Waals surface area contributed by atoms with E-state index in [-0.39, 0.29) is 41.2 Å². The van der Waals surface area contributed by atoms with E-state index in [1.165, 1.54) is 32.1 Å². The number of morpholine rings is 1. The highest BCUT2D eigenvalue weighted by molar-refractivity contribution is 5.78. The molecule has 0 aromatic rings. The van der Waals surface area contributed by atoms with Gasteiger partial charge < -0.3 is 24.3 Å². The van der Waals surface area contributed by atoms with Gasteiger partial charge in [0.2, 0.25) is 5.91 Å². The van der Waals surface area contributed by atoms with Gasteiger partial charge in [0.15, 0.2) is 6.29 Å². The molecule has 1 heterocycles. The third kappa shape index (κ3) is 4.68. The van der Waals surface area contributed by atoms with Gasteiger partial charge in [0.05, 0.1) is 25.4 Å². The molecule has 1 aliphatic heterocycles. The first-order valence-electron chi connectivity index (χ1n) is 17.4. The monoisotopic (exact) mass is 597 g/mol. The molecule has 0 bridgehead atoms. The van der Waals surface area contributed by atoms with Crippen molar-refractivity contribution in [3.63, 3.8) is 0 Å². The minimum atomic E-state index is -0.333. The van der Waals surface area contributed by atoms with E-state index >= 15 is 0 Å². The zero-order valence-electron chi connectivity index (χ0n) is 28.0. The largest absolute Gasteiger partial charge is 0.393 e. The van der Waals surface area contributed by atoms with Crippen LogP contribution in [0.15, 0.2) is 0 Å². The van der Waals surface area contributed by atoms with Crippen LogP contribution in [0.1, 0.15) is 106 Å². The van der Waals surface area contributed by atoms with E-state index in [4.69, 9.17) is 9.47 Å². The number of hydrogen-bond donors (Lipinski definition) is 1.